The molecule has 1 amide bonds. The van der Waals surface area contributed by atoms with Crippen LogP contribution in [0, 0.1) is 5.92 Å². The van der Waals surface area contributed by atoms with E-state index in [4.69, 9.17) is 27.9 Å². The Hall–Kier alpha value is -0.460. The number of carbonyl (C=O) groups is 1. The first-order valence-electron chi connectivity index (χ1n) is 8.13. The van der Waals surface area contributed by atoms with Gasteiger partial charge >= 0.3 is 0 Å². The maximum absolute atomic E-state index is 12.2. The SMILES string of the molecule is CC(C)C(CNC(=O)CSc1cc(Cl)ccc1Cl)N1CCOCC1. The van der Waals surface area contributed by atoms with Crippen molar-refractivity contribution < 1.29 is 9.53 Å². The van der Waals surface area contributed by atoms with E-state index in [1.165, 1.54) is 11.8 Å². The summed E-state index contributed by atoms with van der Waals surface area (Å²) in [6, 6.07) is 5.60. The van der Waals surface area contributed by atoms with Crippen LogP contribution in [0.25, 0.3) is 0 Å². The largest absolute Gasteiger partial charge is 0.379 e. The van der Waals surface area contributed by atoms with Gasteiger partial charge in [0.1, 0.15) is 0 Å². The summed E-state index contributed by atoms with van der Waals surface area (Å²) in [4.78, 5) is 15.4. The standard InChI is InChI=1S/C17H24Cl2N2O2S/c1-12(2)15(21-5-7-23-8-6-21)10-20-17(22)11-24-16-9-13(18)3-4-14(16)19/h3-4,9,12,15H,5-8,10-11H2,1-2H3,(H,20,22). The Bertz CT molecular complexity index is 551. The molecule has 1 fully saturated rings. The highest BCUT2D eigenvalue weighted by Crippen LogP contribution is 2.29. The smallest absolute Gasteiger partial charge is 0.230 e. The van der Waals surface area contributed by atoms with Gasteiger partial charge in [-0.2, -0.15) is 0 Å². The third kappa shape index (κ3) is 6.12. The summed E-state index contributed by atoms with van der Waals surface area (Å²) in [5.41, 5.74) is 0. The average Bonchev–Trinajstić information content (AvgIpc) is 2.56. The van der Waals surface area contributed by atoms with E-state index >= 15 is 0 Å². The second-order valence-electron chi connectivity index (χ2n) is 6.13. The Kier molecular flexibility index (Phi) is 8.17. The van der Waals surface area contributed by atoms with Gasteiger partial charge in [-0.3, -0.25) is 9.69 Å². The van der Waals surface area contributed by atoms with E-state index in [0.717, 1.165) is 31.2 Å². The van der Waals surface area contributed by atoms with Crippen LogP contribution in [0.3, 0.4) is 0 Å². The maximum atomic E-state index is 12.2. The van der Waals surface area contributed by atoms with Crippen molar-refractivity contribution in [2.75, 3.05) is 38.6 Å². The molecule has 0 radical (unpaired) electrons. The van der Waals surface area contributed by atoms with Crippen LogP contribution >= 0.6 is 35.0 Å². The third-order valence-electron chi connectivity index (χ3n) is 4.04. The zero-order valence-corrected chi connectivity index (χ0v) is 16.4. The zero-order chi connectivity index (χ0) is 17.5. The van der Waals surface area contributed by atoms with Gasteiger partial charge in [-0.25, -0.2) is 0 Å². The predicted octanol–water partition coefficient (Wildman–Crippen LogP) is 3.56. The summed E-state index contributed by atoms with van der Waals surface area (Å²) in [6.45, 7) is 8.40. The van der Waals surface area contributed by atoms with E-state index in [9.17, 15) is 4.79 Å². The molecule has 2 rings (SSSR count). The Balaban J connectivity index is 1.81. The monoisotopic (exact) mass is 390 g/mol. The minimum Gasteiger partial charge on any atom is -0.379 e. The average molecular weight is 391 g/mol. The molecule has 7 heteroatoms. The van der Waals surface area contributed by atoms with E-state index in [1.807, 2.05) is 0 Å². The second-order valence-corrected chi connectivity index (χ2v) is 7.99. The Labute approximate surface area is 158 Å². The quantitative estimate of drug-likeness (QED) is 0.722. The number of nitrogens with zero attached hydrogens (tertiary/aromatic N) is 1. The number of nitrogens with one attached hydrogen (secondary N) is 1. The molecule has 1 heterocycles. The van der Waals surface area contributed by atoms with Crippen molar-refractivity contribution in [3.05, 3.63) is 28.2 Å². The van der Waals surface area contributed by atoms with Gasteiger partial charge in [-0.05, 0) is 24.1 Å². The van der Waals surface area contributed by atoms with E-state index in [-0.39, 0.29) is 5.91 Å². The second kappa shape index (κ2) is 9.88. The van der Waals surface area contributed by atoms with Crippen molar-refractivity contribution in [3.63, 3.8) is 0 Å². The lowest BCUT2D eigenvalue weighted by Gasteiger charge is -2.36. The van der Waals surface area contributed by atoms with Crippen molar-refractivity contribution in [2.45, 2.75) is 24.8 Å². The molecule has 1 aromatic rings. The molecule has 0 spiro atoms. The summed E-state index contributed by atoms with van der Waals surface area (Å²) >= 11 is 13.5. The number of halogens is 2. The van der Waals surface area contributed by atoms with Crippen molar-refractivity contribution in [3.8, 4) is 0 Å². The minimum atomic E-state index is 0.00921. The fourth-order valence-corrected chi connectivity index (χ4v) is 4.02. The van der Waals surface area contributed by atoms with Crippen LogP contribution in [-0.4, -0.2) is 55.4 Å². The number of carbonyl (C=O) groups excluding carboxylic acids is 1. The molecule has 0 aliphatic carbocycles. The van der Waals surface area contributed by atoms with Gasteiger partial charge in [-0.15, -0.1) is 11.8 Å². The topological polar surface area (TPSA) is 41.6 Å². The van der Waals surface area contributed by atoms with Crippen molar-refractivity contribution >= 4 is 40.9 Å². The molecule has 4 nitrogen and oxygen atoms in total. The summed E-state index contributed by atoms with van der Waals surface area (Å²) < 4.78 is 5.41. The highest BCUT2D eigenvalue weighted by atomic mass is 35.5. The van der Waals surface area contributed by atoms with Crippen LogP contribution in [0.5, 0.6) is 0 Å². The van der Waals surface area contributed by atoms with Gasteiger partial charge < -0.3 is 10.1 Å². The predicted molar refractivity (Wildman–Crippen MR) is 101 cm³/mol. The number of benzene rings is 1. The molecule has 134 valence electrons. The fourth-order valence-electron chi connectivity index (χ4n) is 2.70. The van der Waals surface area contributed by atoms with Gasteiger partial charge in [0.15, 0.2) is 0 Å². The maximum Gasteiger partial charge on any atom is 0.230 e. The van der Waals surface area contributed by atoms with Gasteiger partial charge in [0.2, 0.25) is 5.91 Å². The summed E-state index contributed by atoms with van der Waals surface area (Å²) in [7, 11) is 0. The van der Waals surface area contributed by atoms with Gasteiger partial charge in [0.25, 0.3) is 0 Å². The van der Waals surface area contributed by atoms with Gasteiger partial charge in [-0.1, -0.05) is 37.0 Å². The van der Waals surface area contributed by atoms with Crippen LogP contribution in [0.1, 0.15) is 13.8 Å². The van der Waals surface area contributed by atoms with Crippen molar-refractivity contribution in [1.82, 2.24) is 10.2 Å². The molecule has 0 saturated carbocycles. The number of hydrogen-bond donors (Lipinski definition) is 1. The molecule has 1 aliphatic rings. The van der Waals surface area contributed by atoms with Crippen LogP contribution in [0.15, 0.2) is 23.1 Å². The number of amides is 1. The fraction of sp³-hybridized carbons (Fsp3) is 0.588. The lowest BCUT2D eigenvalue weighted by atomic mass is 10.0. The van der Waals surface area contributed by atoms with Crippen LogP contribution in [-0.2, 0) is 9.53 Å². The molecule has 1 N–H and O–H groups in total. The van der Waals surface area contributed by atoms with E-state index < -0.39 is 0 Å². The number of thioether (sulfide) groups is 1. The molecule has 1 saturated heterocycles. The van der Waals surface area contributed by atoms with E-state index in [1.54, 1.807) is 18.2 Å². The van der Waals surface area contributed by atoms with Crippen molar-refractivity contribution in [1.29, 1.82) is 0 Å². The highest BCUT2D eigenvalue weighted by molar-refractivity contribution is 8.00. The molecule has 1 aliphatic heterocycles. The van der Waals surface area contributed by atoms with Gasteiger partial charge in [0, 0.05) is 35.6 Å². The minimum absolute atomic E-state index is 0.00921. The van der Waals surface area contributed by atoms with Crippen molar-refractivity contribution in [2.24, 2.45) is 5.92 Å². The van der Waals surface area contributed by atoms with Crippen LogP contribution in [0.2, 0.25) is 10.0 Å². The molecule has 1 atom stereocenters. The number of hydrogen-bond acceptors (Lipinski definition) is 4. The Morgan fingerprint density at radius 3 is 2.71 bits per heavy atom. The first-order chi connectivity index (χ1) is 11.5. The molecule has 1 unspecified atom stereocenters. The lowest BCUT2D eigenvalue weighted by Crippen LogP contribution is -2.51. The molecular weight excluding hydrogens is 367 g/mol. The molecule has 1 aromatic carbocycles. The first kappa shape index (κ1) is 19.9. The van der Waals surface area contributed by atoms with Gasteiger partial charge in [0.05, 0.1) is 24.0 Å². The Morgan fingerprint density at radius 2 is 2.04 bits per heavy atom. The normalized spacial score (nSPS) is 17.0. The summed E-state index contributed by atoms with van der Waals surface area (Å²) in [5.74, 6) is 0.807. The molecule has 0 bridgehead atoms. The molecule has 24 heavy (non-hydrogen) atoms. The van der Waals surface area contributed by atoms with E-state index in [2.05, 4.69) is 24.1 Å². The number of ether oxygens (including phenoxy) is 1. The van der Waals surface area contributed by atoms with Crippen LogP contribution in [0.4, 0.5) is 0 Å². The first-order valence-corrected chi connectivity index (χ1v) is 9.88. The van der Waals surface area contributed by atoms with E-state index in [0.29, 0.717) is 34.3 Å². The number of rotatable bonds is 7. The highest BCUT2D eigenvalue weighted by Gasteiger charge is 2.24. The Morgan fingerprint density at radius 1 is 1.33 bits per heavy atom. The zero-order valence-electron chi connectivity index (χ0n) is 14.1. The molecule has 0 aromatic heterocycles. The number of morpholine rings is 1. The molecular formula is C17H24Cl2N2O2S. The lowest BCUT2D eigenvalue weighted by molar-refractivity contribution is -0.119. The summed E-state index contributed by atoms with van der Waals surface area (Å²) in [6.07, 6.45) is 0. The third-order valence-corrected chi connectivity index (χ3v) is 5.78. The summed E-state index contributed by atoms with van der Waals surface area (Å²) in [5, 5.41) is 4.28. The van der Waals surface area contributed by atoms with Crippen LogP contribution < -0.4 is 5.32 Å².